The molecule has 1 aromatic heterocycles. The van der Waals surface area contributed by atoms with Crippen molar-refractivity contribution in [3.8, 4) is 0 Å². The number of piperidine rings is 1. The van der Waals surface area contributed by atoms with Gasteiger partial charge in [-0.25, -0.2) is 9.37 Å². The third-order valence-electron chi connectivity index (χ3n) is 6.11. The van der Waals surface area contributed by atoms with Gasteiger partial charge in [-0.05, 0) is 55.2 Å². The average Bonchev–Trinajstić information content (AvgIpc) is 3.30. The zero-order valence-corrected chi connectivity index (χ0v) is 19.7. The highest BCUT2D eigenvalue weighted by molar-refractivity contribution is 7.22. The fourth-order valence-electron chi connectivity index (χ4n) is 4.35. The quantitative estimate of drug-likeness (QED) is 0.238. The van der Waals surface area contributed by atoms with Gasteiger partial charge in [0.2, 0.25) is 0 Å². The van der Waals surface area contributed by atoms with Gasteiger partial charge in [0.05, 0.1) is 21.7 Å². The first-order valence-corrected chi connectivity index (χ1v) is 12.3. The minimum Gasteiger partial charge on any atom is -0.366 e. The normalized spacial score (nSPS) is 13.7. The third kappa shape index (κ3) is 4.85. The number of hydrogen-bond donors (Lipinski definition) is 0. The van der Waals surface area contributed by atoms with Crippen LogP contribution < -0.4 is 9.80 Å². The number of rotatable bonds is 6. The molecule has 1 fully saturated rings. The first-order valence-electron chi connectivity index (χ1n) is 11.4. The second-order valence-corrected chi connectivity index (χ2v) is 9.50. The molecule has 3 aromatic carbocycles. The standard InChI is InChI=1S/C26H23FN4O3S/c27-20-10-11-21-24(16-20)35-26(28-21)30(17-18-7-3-1-4-8-18)25(32)19-9-12-22(23(15-19)31(33)34)29-13-5-2-6-14-29/h1,3-4,7-12,15-16H,2,5-6,13-14,17H2. The summed E-state index contributed by atoms with van der Waals surface area (Å²) in [6.45, 7) is 1.75. The lowest BCUT2D eigenvalue weighted by Crippen LogP contribution is -2.31. The molecular formula is C26H23FN4O3S. The van der Waals surface area contributed by atoms with E-state index in [1.807, 2.05) is 35.2 Å². The van der Waals surface area contributed by atoms with Crippen molar-refractivity contribution in [2.75, 3.05) is 22.9 Å². The smallest absolute Gasteiger partial charge is 0.293 e. The second kappa shape index (κ2) is 9.79. The molecule has 7 nitrogen and oxygen atoms in total. The molecule has 1 saturated heterocycles. The number of aromatic nitrogens is 1. The number of thiazole rings is 1. The van der Waals surface area contributed by atoms with Gasteiger partial charge in [-0.15, -0.1) is 0 Å². The summed E-state index contributed by atoms with van der Waals surface area (Å²) in [6, 6.07) is 18.4. The Morgan fingerprint density at radius 2 is 1.83 bits per heavy atom. The third-order valence-corrected chi connectivity index (χ3v) is 7.16. The van der Waals surface area contributed by atoms with E-state index in [1.165, 1.54) is 34.4 Å². The molecule has 178 valence electrons. The molecule has 0 atom stereocenters. The van der Waals surface area contributed by atoms with Crippen LogP contribution >= 0.6 is 11.3 Å². The topological polar surface area (TPSA) is 79.6 Å². The minimum atomic E-state index is -0.428. The average molecular weight is 491 g/mol. The molecule has 35 heavy (non-hydrogen) atoms. The Morgan fingerprint density at radius 1 is 1.06 bits per heavy atom. The van der Waals surface area contributed by atoms with Gasteiger partial charge in [-0.3, -0.25) is 19.8 Å². The van der Waals surface area contributed by atoms with Crippen LogP contribution in [0.4, 0.5) is 20.9 Å². The maximum absolute atomic E-state index is 13.8. The molecule has 4 aromatic rings. The summed E-state index contributed by atoms with van der Waals surface area (Å²) in [4.78, 5) is 33.3. The summed E-state index contributed by atoms with van der Waals surface area (Å²) in [5.74, 6) is -0.778. The van der Waals surface area contributed by atoms with Crippen LogP contribution in [-0.4, -0.2) is 28.9 Å². The number of nitrogens with zero attached hydrogens (tertiary/aromatic N) is 4. The number of nitro benzene ring substituents is 1. The largest absolute Gasteiger partial charge is 0.366 e. The van der Waals surface area contributed by atoms with E-state index >= 15 is 0 Å². The number of benzene rings is 3. The van der Waals surface area contributed by atoms with E-state index in [2.05, 4.69) is 4.98 Å². The van der Waals surface area contributed by atoms with Crippen LogP contribution in [0.2, 0.25) is 0 Å². The van der Waals surface area contributed by atoms with E-state index < -0.39 is 10.8 Å². The molecule has 0 aliphatic carbocycles. The monoisotopic (exact) mass is 490 g/mol. The van der Waals surface area contributed by atoms with Crippen molar-refractivity contribution < 1.29 is 14.1 Å². The zero-order chi connectivity index (χ0) is 24.4. The molecule has 0 N–H and O–H groups in total. The Labute approximate surface area is 205 Å². The van der Waals surface area contributed by atoms with Crippen molar-refractivity contribution in [3.63, 3.8) is 0 Å². The highest BCUT2D eigenvalue weighted by Crippen LogP contribution is 2.34. The fourth-order valence-corrected chi connectivity index (χ4v) is 5.34. The van der Waals surface area contributed by atoms with Crippen LogP contribution in [0.25, 0.3) is 10.2 Å². The Kier molecular flexibility index (Phi) is 6.41. The Morgan fingerprint density at radius 3 is 2.57 bits per heavy atom. The molecule has 1 aliphatic rings. The van der Waals surface area contributed by atoms with Crippen molar-refractivity contribution in [1.29, 1.82) is 0 Å². The lowest BCUT2D eigenvalue weighted by atomic mass is 10.1. The van der Waals surface area contributed by atoms with Crippen LogP contribution in [0.1, 0.15) is 35.2 Å². The molecule has 2 heterocycles. The zero-order valence-electron chi connectivity index (χ0n) is 18.9. The summed E-state index contributed by atoms with van der Waals surface area (Å²) in [6.07, 6.45) is 3.09. The number of anilines is 2. The van der Waals surface area contributed by atoms with Gasteiger partial charge in [0.1, 0.15) is 11.5 Å². The van der Waals surface area contributed by atoms with Crippen LogP contribution in [0, 0.1) is 15.9 Å². The summed E-state index contributed by atoms with van der Waals surface area (Å²) in [5.41, 5.74) is 2.13. The lowest BCUT2D eigenvalue weighted by molar-refractivity contribution is -0.384. The Hall–Kier alpha value is -3.85. The van der Waals surface area contributed by atoms with E-state index in [-0.39, 0.29) is 23.6 Å². The van der Waals surface area contributed by atoms with Gasteiger partial charge in [-0.2, -0.15) is 0 Å². The summed E-state index contributed by atoms with van der Waals surface area (Å²) in [7, 11) is 0. The minimum absolute atomic E-state index is 0.0798. The predicted octanol–water partition coefficient (Wildman–Crippen LogP) is 6.18. The maximum Gasteiger partial charge on any atom is 0.293 e. The van der Waals surface area contributed by atoms with E-state index in [1.54, 1.807) is 18.2 Å². The Bertz CT molecular complexity index is 1390. The van der Waals surface area contributed by atoms with Crippen molar-refractivity contribution in [2.45, 2.75) is 25.8 Å². The number of nitro groups is 1. The molecule has 1 aliphatic heterocycles. The SMILES string of the molecule is O=C(c1ccc(N2CCCCC2)c([N+](=O)[O-])c1)N(Cc1ccccc1)c1nc2ccc(F)cc2s1. The number of hydrogen-bond acceptors (Lipinski definition) is 6. The van der Waals surface area contributed by atoms with Gasteiger partial charge in [-0.1, -0.05) is 41.7 Å². The highest BCUT2D eigenvalue weighted by Gasteiger charge is 2.27. The van der Waals surface area contributed by atoms with E-state index in [4.69, 9.17) is 0 Å². The van der Waals surface area contributed by atoms with Gasteiger partial charge in [0.25, 0.3) is 11.6 Å². The number of carbonyl (C=O) groups is 1. The van der Waals surface area contributed by atoms with Gasteiger partial charge in [0.15, 0.2) is 5.13 Å². The van der Waals surface area contributed by atoms with E-state index in [0.29, 0.717) is 21.0 Å². The molecule has 0 saturated carbocycles. The lowest BCUT2D eigenvalue weighted by Gasteiger charge is -2.28. The first-order chi connectivity index (χ1) is 17.0. The van der Waals surface area contributed by atoms with Gasteiger partial charge >= 0.3 is 0 Å². The summed E-state index contributed by atoms with van der Waals surface area (Å²) in [5, 5.41) is 12.3. The number of amides is 1. The highest BCUT2D eigenvalue weighted by atomic mass is 32.1. The second-order valence-electron chi connectivity index (χ2n) is 8.49. The molecule has 0 radical (unpaired) electrons. The molecule has 9 heteroatoms. The van der Waals surface area contributed by atoms with E-state index in [9.17, 15) is 19.3 Å². The molecule has 1 amide bonds. The summed E-state index contributed by atoms with van der Waals surface area (Å²) < 4.78 is 14.4. The molecule has 0 spiro atoms. The van der Waals surface area contributed by atoms with Crippen LogP contribution in [0.3, 0.4) is 0 Å². The Balaban J connectivity index is 1.54. The molecule has 0 unspecified atom stereocenters. The molecule has 0 bridgehead atoms. The summed E-state index contributed by atoms with van der Waals surface area (Å²) >= 11 is 1.21. The van der Waals surface area contributed by atoms with Crippen molar-refractivity contribution in [1.82, 2.24) is 4.98 Å². The maximum atomic E-state index is 13.8. The van der Waals surface area contributed by atoms with Gasteiger partial charge in [0, 0.05) is 24.7 Å². The van der Waals surface area contributed by atoms with Crippen LogP contribution in [0.15, 0.2) is 66.7 Å². The van der Waals surface area contributed by atoms with Crippen molar-refractivity contribution in [3.05, 3.63) is 93.8 Å². The predicted molar refractivity (Wildman–Crippen MR) is 136 cm³/mol. The van der Waals surface area contributed by atoms with Gasteiger partial charge < -0.3 is 4.90 Å². The van der Waals surface area contributed by atoms with Crippen molar-refractivity contribution >= 4 is 44.0 Å². The number of halogens is 1. The number of carbonyl (C=O) groups excluding carboxylic acids is 1. The molecule has 5 rings (SSSR count). The van der Waals surface area contributed by atoms with Crippen LogP contribution in [0.5, 0.6) is 0 Å². The first kappa shape index (κ1) is 22.9. The fraction of sp³-hybridized carbons (Fsp3) is 0.231. The van der Waals surface area contributed by atoms with Crippen LogP contribution in [-0.2, 0) is 6.54 Å². The van der Waals surface area contributed by atoms with Crippen molar-refractivity contribution in [2.24, 2.45) is 0 Å². The van der Waals surface area contributed by atoms with E-state index in [0.717, 1.165) is 37.9 Å². The molecular weight excluding hydrogens is 467 g/mol. The number of fused-ring (bicyclic) bond motifs is 1.